The average molecular weight is 415 g/mol. The summed E-state index contributed by atoms with van der Waals surface area (Å²) < 4.78 is 29.6. The number of carbonyl (C=O) groups is 1. The highest BCUT2D eigenvalue weighted by Crippen LogP contribution is 2.28. The highest BCUT2D eigenvalue weighted by atomic mass is 32.2. The van der Waals surface area contributed by atoms with E-state index in [1.807, 2.05) is 23.1 Å². The molecule has 4 rings (SSSR count). The molecule has 2 aromatic heterocycles. The van der Waals surface area contributed by atoms with Gasteiger partial charge in [-0.05, 0) is 12.1 Å². The molecule has 3 heterocycles. The number of hydrogen-bond acceptors (Lipinski definition) is 7. The Kier molecular flexibility index (Phi) is 4.82. The molecule has 0 unspecified atom stereocenters. The Morgan fingerprint density at radius 3 is 2.31 bits per heavy atom. The van der Waals surface area contributed by atoms with Gasteiger partial charge in [0.15, 0.2) is 11.6 Å². The van der Waals surface area contributed by atoms with Crippen molar-refractivity contribution in [1.82, 2.24) is 24.6 Å². The van der Waals surface area contributed by atoms with E-state index in [4.69, 9.17) is 0 Å². The molecule has 1 N–H and O–H groups in total. The number of nitrogens with one attached hydrogen (secondary N) is 1. The van der Waals surface area contributed by atoms with E-state index in [1.165, 1.54) is 17.1 Å². The fourth-order valence-electron chi connectivity index (χ4n) is 3.24. The van der Waals surface area contributed by atoms with Gasteiger partial charge in [-0.15, -0.1) is 0 Å². The van der Waals surface area contributed by atoms with E-state index in [9.17, 15) is 13.2 Å². The maximum absolute atomic E-state index is 12.8. The van der Waals surface area contributed by atoms with Crippen molar-refractivity contribution in [1.29, 1.82) is 0 Å². The van der Waals surface area contributed by atoms with Crippen LogP contribution in [0.3, 0.4) is 0 Å². The maximum atomic E-state index is 12.8. The van der Waals surface area contributed by atoms with Crippen LogP contribution < -0.4 is 9.62 Å². The molecule has 1 aliphatic heterocycles. The third-order valence-electron chi connectivity index (χ3n) is 4.80. The molecule has 1 fully saturated rings. The number of amides is 1. The molecule has 3 aromatic rings. The van der Waals surface area contributed by atoms with Gasteiger partial charge >= 0.3 is 0 Å². The van der Waals surface area contributed by atoms with Crippen LogP contribution in [0.4, 0.5) is 11.6 Å². The summed E-state index contributed by atoms with van der Waals surface area (Å²) in [4.78, 5) is 24.5. The fraction of sp³-hybridized carbons (Fsp3) is 0.333. The van der Waals surface area contributed by atoms with Crippen LogP contribution in [0.2, 0.25) is 0 Å². The molecule has 0 radical (unpaired) electrons. The predicted molar refractivity (Wildman–Crippen MR) is 108 cm³/mol. The number of benzene rings is 1. The van der Waals surface area contributed by atoms with Gasteiger partial charge in [-0.2, -0.15) is 5.10 Å². The SMILES string of the molecule is CC(=O)N1CCN(c2nc3ccccc3nc2NS(=O)(=O)c2cnn(C)c2)CC1. The second-order valence-electron chi connectivity index (χ2n) is 6.83. The highest BCUT2D eigenvalue weighted by Gasteiger charge is 2.26. The lowest BCUT2D eigenvalue weighted by Gasteiger charge is -2.35. The molecule has 0 atom stereocenters. The molecule has 1 aromatic carbocycles. The van der Waals surface area contributed by atoms with Crippen molar-refractivity contribution in [3.8, 4) is 0 Å². The summed E-state index contributed by atoms with van der Waals surface area (Å²) in [5.41, 5.74) is 1.25. The summed E-state index contributed by atoms with van der Waals surface area (Å²) in [6.07, 6.45) is 2.70. The predicted octanol–water partition coefficient (Wildman–Crippen LogP) is 0.833. The van der Waals surface area contributed by atoms with Crippen molar-refractivity contribution in [3.63, 3.8) is 0 Å². The van der Waals surface area contributed by atoms with E-state index in [0.717, 1.165) is 0 Å². The molecule has 0 aliphatic carbocycles. The Labute approximate surface area is 168 Å². The molecular formula is C18H21N7O3S. The van der Waals surface area contributed by atoms with Gasteiger partial charge in [0, 0.05) is 46.3 Å². The van der Waals surface area contributed by atoms with Crippen LogP contribution in [-0.4, -0.2) is 65.2 Å². The van der Waals surface area contributed by atoms with Crippen molar-refractivity contribution in [2.75, 3.05) is 35.8 Å². The highest BCUT2D eigenvalue weighted by molar-refractivity contribution is 7.92. The molecule has 1 saturated heterocycles. The molecule has 1 amide bonds. The number of aryl methyl sites for hydroxylation is 1. The topological polar surface area (TPSA) is 113 Å². The van der Waals surface area contributed by atoms with E-state index in [0.29, 0.717) is 43.0 Å². The van der Waals surface area contributed by atoms with E-state index < -0.39 is 10.0 Å². The standard InChI is InChI=1S/C18H21N7O3S/c1-13(26)24-7-9-25(10-8-24)18-17(20-15-5-3-4-6-16(15)21-18)22-29(27,28)14-11-19-23(2)12-14/h3-6,11-12H,7-10H2,1-2H3,(H,20,22). The zero-order valence-electron chi connectivity index (χ0n) is 16.1. The van der Waals surface area contributed by atoms with Gasteiger partial charge in [0.1, 0.15) is 4.90 Å². The fourth-order valence-corrected chi connectivity index (χ4v) is 4.22. The Morgan fingerprint density at radius 2 is 1.72 bits per heavy atom. The molecule has 0 saturated carbocycles. The molecular weight excluding hydrogens is 394 g/mol. The van der Waals surface area contributed by atoms with Gasteiger partial charge < -0.3 is 9.80 Å². The van der Waals surface area contributed by atoms with Crippen LogP contribution >= 0.6 is 0 Å². The zero-order valence-corrected chi connectivity index (χ0v) is 16.9. The van der Waals surface area contributed by atoms with Crippen molar-refractivity contribution in [3.05, 3.63) is 36.7 Å². The molecule has 1 aliphatic rings. The molecule has 0 spiro atoms. The molecule has 29 heavy (non-hydrogen) atoms. The first-order valence-corrected chi connectivity index (χ1v) is 10.6. The van der Waals surface area contributed by atoms with Crippen LogP contribution in [0.15, 0.2) is 41.6 Å². The van der Waals surface area contributed by atoms with Gasteiger partial charge in [0.2, 0.25) is 5.91 Å². The lowest BCUT2D eigenvalue weighted by Crippen LogP contribution is -2.48. The maximum Gasteiger partial charge on any atom is 0.266 e. The smallest absolute Gasteiger partial charge is 0.266 e. The van der Waals surface area contributed by atoms with Crippen LogP contribution in [-0.2, 0) is 21.9 Å². The number of piperazine rings is 1. The second-order valence-corrected chi connectivity index (χ2v) is 8.52. The van der Waals surface area contributed by atoms with Crippen LogP contribution in [0.25, 0.3) is 11.0 Å². The van der Waals surface area contributed by atoms with Gasteiger partial charge in [-0.3, -0.25) is 14.2 Å². The van der Waals surface area contributed by atoms with Crippen molar-refractivity contribution >= 4 is 38.6 Å². The van der Waals surface area contributed by atoms with Gasteiger partial charge in [-0.1, -0.05) is 12.1 Å². The largest absolute Gasteiger partial charge is 0.350 e. The molecule has 152 valence electrons. The minimum atomic E-state index is -3.87. The number of fused-ring (bicyclic) bond motifs is 1. The zero-order chi connectivity index (χ0) is 20.6. The minimum absolute atomic E-state index is 0.0201. The molecule has 11 heteroatoms. The summed E-state index contributed by atoms with van der Waals surface area (Å²) in [7, 11) is -2.23. The lowest BCUT2D eigenvalue weighted by atomic mass is 10.2. The van der Waals surface area contributed by atoms with Crippen molar-refractivity contribution < 1.29 is 13.2 Å². The van der Waals surface area contributed by atoms with Gasteiger partial charge in [-0.25, -0.2) is 18.4 Å². The second kappa shape index (κ2) is 7.32. The number of rotatable bonds is 4. The van der Waals surface area contributed by atoms with Crippen LogP contribution in [0.5, 0.6) is 0 Å². The number of anilines is 2. The van der Waals surface area contributed by atoms with Crippen LogP contribution in [0.1, 0.15) is 6.92 Å². The minimum Gasteiger partial charge on any atom is -0.350 e. The quantitative estimate of drug-likeness (QED) is 0.671. The third kappa shape index (κ3) is 3.86. The summed E-state index contributed by atoms with van der Waals surface area (Å²) in [5, 5.41) is 3.93. The summed E-state index contributed by atoms with van der Waals surface area (Å²) >= 11 is 0. The summed E-state index contributed by atoms with van der Waals surface area (Å²) in [6, 6.07) is 7.29. The Bertz CT molecular complexity index is 1170. The Morgan fingerprint density at radius 1 is 1.07 bits per heavy atom. The van der Waals surface area contributed by atoms with Crippen molar-refractivity contribution in [2.45, 2.75) is 11.8 Å². The number of aromatic nitrogens is 4. The van der Waals surface area contributed by atoms with Gasteiger partial charge in [0.05, 0.1) is 17.2 Å². The molecule has 0 bridgehead atoms. The van der Waals surface area contributed by atoms with E-state index >= 15 is 0 Å². The van der Waals surface area contributed by atoms with E-state index in [2.05, 4.69) is 19.8 Å². The first-order chi connectivity index (χ1) is 13.8. The normalized spacial score (nSPS) is 15.0. The third-order valence-corrected chi connectivity index (χ3v) is 6.09. The summed E-state index contributed by atoms with van der Waals surface area (Å²) in [6.45, 7) is 3.69. The number of carbonyl (C=O) groups excluding carboxylic acids is 1. The number of para-hydroxylation sites is 2. The number of nitrogens with zero attached hydrogens (tertiary/aromatic N) is 6. The average Bonchev–Trinajstić information content (AvgIpc) is 3.15. The first-order valence-electron chi connectivity index (χ1n) is 9.12. The van der Waals surface area contributed by atoms with E-state index in [1.54, 1.807) is 24.9 Å². The first kappa shape index (κ1) is 19.1. The lowest BCUT2D eigenvalue weighted by molar-refractivity contribution is -0.129. The molecule has 10 nitrogen and oxygen atoms in total. The monoisotopic (exact) mass is 415 g/mol. The Balaban J connectivity index is 1.72. The Hall–Kier alpha value is -3.21. The van der Waals surface area contributed by atoms with Crippen molar-refractivity contribution in [2.24, 2.45) is 7.05 Å². The van der Waals surface area contributed by atoms with Gasteiger partial charge in [0.25, 0.3) is 10.0 Å². The summed E-state index contributed by atoms with van der Waals surface area (Å²) in [5.74, 6) is 0.620. The van der Waals surface area contributed by atoms with E-state index in [-0.39, 0.29) is 16.6 Å². The van der Waals surface area contributed by atoms with Crippen LogP contribution in [0, 0.1) is 0 Å². The number of sulfonamides is 1. The number of hydrogen-bond donors (Lipinski definition) is 1.